The van der Waals surface area contributed by atoms with E-state index < -0.39 is 0 Å². The van der Waals surface area contributed by atoms with E-state index in [1.165, 1.54) is 6.92 Å². The van der Waals surface area contributed by atoms with Gasteiger partial charge in [-0.25, -0.2) is 0 Å². The fourth-order valence-corrected chi connectivity index (χ4v) is 1.81. The number of carbonyl (C=O) groups excluding carboxylic acids is 1. The zero-order valence-electron chi connectivity index (χ0n) is 10.4. The summed E-state index contributed by atoms with van der Waals surface area (Å²) in [7, 11) is 0. The number of hydrogen-bond acceptors (Lipinski definition) is 2. The number of carbonyl (C=O) groups is 1. The summed E-state index contributed by atoms with van der Waals surface area (Å²) in [4.78, 5) is 11.0. The van der Waals surface area contributed by atoms with E-state index in [1.54, 1.807) is 6.07 Å². The molecule has 0 aliphatic carbocycles. The van der Waals surface area contributed by atoms with Gasteiger partial charge in [0.1, 0.15) is 5.75 Å². The maximum atomic E-state index is 11.0. The lowest BCUT2D eigenvalue weighted by Crippen LogP contribution is -2.05. The van der Waals surface area contributed by atoms with Gasteiger partial charge < -0.3 is 10.4 Å². The van der Waals surface area contributed by atoms with Crippen LogP contribution in [0.1, 0.15) is 12.5 Å². The van der Waals surface area contributed by atoms with E-state index in [4.69, 9.17) is 0 Å². The first kappa shape index (κ1) is 12.2. The van der Waals surface area contributed by atoms with Crippen molar-refractivity contribution >= 4 is 11.6 Å². The second kappa shape index (κ2) is 4.92. The number of aromatic hydroxyl groups is 1. The molecule has 18 heavy (non-hydrogen) atoms. The van der Waals surface area contributed by atoms with Gasteiger partial charge in [0, 0.05) is 12.6 Å². The number of aryl methyl sites for hydroxylation is 1. The molecule has 0 saturated heterocycles. The highest BCUT2D eigenvalue weighted by Crippen LogP contribution is 2.27. The molecule has 3 nitrogen and oxygen atoms in total. The molecule has 0 heterocycles. The fourth-order valence-electron chi connectivity index (χ4n) is 1.81. The zero-order chi connectivity index (χ0) is 13.1. The molecule has 2 aromatic carbocycles. The number of anilines is 1. The number of phenols is 1. The highest BCUT2D eigenvalue weighted by molar-refractivity contribution is 5.89. The molecule has 0 fully saturated rings. The average molecular weight is 241 g/mol. The summed E-state index contributed by atoms with van der Waals surface area (Å²) in [5.41, 5.74) is 3.62. The Morgan fingerprint density at radius 3 is 2.50 bits per heavy atom. The lowest BCUT2D eigenvalue weighted by atomic mass is 10.0. The maximum Gasteiger partial charge on any atom is 0.221 e. The summed E-state index contributed by atoms with van der Waals surface area (Å²) in [5.74, 6) is 0.200. The summed E-state index contributed by atoms with van der Waals surface area (Å²) in [5, 5.41) is 12.3. The third-order valence-electron chi connectivity index (χ3n) is 2.71. The first-order chi connectivity index (χ1) is 8.56. The van der Waals surface area contributed by atoms with Crippen LogP contribution in [0.15, 0.2) is 42.5 Å². The SMILES string of the molecule is CC(=O)Nc1cccc(-c2ccc(O)c(C)c2)c1. The second-order valence-corrected chi connectivity index (χ2v) is 4.26. The van der Waals surface area contributed by atoms with Crippen LogP contribution in [-0.2, 0) is 4.79 Å². The number of rotatable bonds is 2. The normalized spacial score (nSPS) is 10.1. The number of amides is 1. The largest absolute Gasteiger partial charge is 0.508 e. The lowest BCUT2D eigenvalue weighted by molar-refractivity contribution is -0.114. The molecule has 0 aromatic heterocycles. The van der Waals surface area contributed by atoms with E-state index in [0.29, 0.717) is 0 Å². The molecule has 0 bridgehead atoms. The quantitative estimate of drug-likeness (QED) is 0.847. The molecule has 0 atom stereocenters. The van der Waals surface area contributed by atoms with Crippen molar-refractivity contribution in [2.24, 2.45) is 0 Å². The summed E-state index contributed by atoms with van der Waals surface area (Å²) >= 11 is 0. The molecular formula is C15H15NO2. The van der Waals surface area contributed by atoms with Crippen molar-refractivity contribution in [1.82, 2.24) is 0 Å². The zero-order valence-corrected chi connectivity index (χ0v) is 10.4. The first-order valence-corrected chi connectivity index (χ1v) is 5.74. The van der Waals surface area contributed by atoms with Gasteiger partial charge in [-0.1, -0.05) is 18.2 Å². The summed E-state index contributed by atoms with van der Waals surface area (Å²) in [6, 6.07) is 13.1. The Bertz CT molecular complexity index is 591. The molecule has 3 heteroatoms. The van der Waals surface area contributed by atoms with Gasteiger partial charge in [0.2, 0.25) is 5.91 Å². The molecular weight excluding hydrogens is 226 g/mol. The van der Waals surface area contributed by atoms with Crippen LogP contribution in [0.2, 0.25) is 0 Å². The molecule has 0 saturated carbocycles. The molecule has 0 aliphatic rings. The highest BCUT2D eigenvalue weighted by atomic mass is 16.3. The predicted molar refractivity (Wildman–Crippen MR) is 72.6 cm³/mol. The van der Waals surface area contributed by atoms with Crippen LogP contribution in [0.25, 0.3) is 11.1 Å². The van der Waals surface area contributed by atoms with Crippen molar-refractivity contribution < 1.29 is 9.90 Å². The molecule has 2 N–H and O–H groups in total. The second-order valence-electron chi connectivity index (χ2n) is 4.26. The monoisotopic (exact) mass is 241 g/mol. The van der Waals surface area contributed by atoms with Crippen molar-refractivity contribution in [3.8, 4) is 16.9 Å². The third-order valence-corrected chi connectivity index (χ3v) is 2.71. The number of phenolic OH excluding ortho intramolecular Hbond substituents is 1. The van der Waals surface area contributed by atoms with Crippen molar-refractivity contribution in [1.29, 1.82) is 0 Å². The highest BCUT2D eigenvalue weighted by Gasteiger charge is 2.03. The van der Waals surface area contributed by atoms with E-state index in [9.17, 15) is 9.90 Å². The van der Waals surface area contributed by atoms with E-state index in [-0.39, 0.29) is 11.7 Å². The minimum absolute atomic E-state index is 0.0889. The Balaban J connectivity index is 2.38. The van der Waals surface area contributed by atoms with Crippen molar-refractivity contribution in [2.45, 2.75) is 13.8 Å². The van der Waals surface area contributed by atoms with Crippen molar-refractivity contribution in [3.63, 3.8) is 0 Å². The smallest absolute Gasteiger partial charge is 0.221 e. The van der Waals surface area contributed by atoms with Crippen LogP contribution < -0.4 is 5.32 Å². The van der Waals surface area contributed by atoms with Crippen LogP contribution in [0.5, 0.6) is 5.75 Å². The van der Waals surface area contributed by atoms with Crippen LogP contribution >= 0.6 is 0 Å². The van der Waals surface area contributed by atoms with Gasteiger partial charge in [0.25, 0.3) is 0 Å². The Hall–Kier alpha value is -2.29. The van der Waals surface area contributed by atoms with Crippen LogP contribution in [-0.4, -0.2) is 11.0 Å². The number of nitrogens with one attached hydrogen (secondary N) is 1. The van der Waals surface area contributed by atoms with Crippen LogP contribution in [0, 0.1) is 6.92 Å². The molecule has 0 radical (unpaired) electrons. The van der Waals surface area contributed by atoms with Gasteiger partial charge >= 0.3 is 0 Å². The van der Waals surface area contributed by atoms with E-state index in [2.05, 4.69) is 5.32 Å². The van der Waals surface area contributed by atoms with Gasteiger partial charge in [-0.3, -0.25) is 4.79 Å². The Labute approximate surface area is 106 Å². The van der Waals surface area contributed by atoms with Gasteiger partial charge in [-0.15, -0.1) is 0 Å². The molecule has 2 rings (SSSR count). The van der Waals surface area contributed by atoms with Gasteiger partial charge in [-0.2, -0.15) is 0 Å². The number of hydrogen-bond donors (Lipinski definition) is 2. The minimum Gasteiger partial charge on any atom is -0.508 e. The van der Waals surface area contributed by atoms with Crippen LogP contribution in [0.3, 0.4) is 0 Å². The van der Waals surface area contributed by atoms with Gasteiger partial charge in [0.15, 0.2) is 0 Å². The molecule has 0 unspecified atom stereocenters. The topological polar surface area (TPSA) is 49.3 Å². The summed E-state index contributed by atoms with van der Waals surface area (Å²) < 4.78 is 0. The molecule has 0 spiro atoms. The Kier molecular flexibility index (Phi) is 3.33. The van der Waals surface area contributed by atoms with E-state index >= 15 is 0 Å². The van der Waals surface area contributed by atoms with Crippen molar-refractivity contribution in [3.05, 3.63) is 48.0 Å². The first-order valence-electron chi connectivity index (χ1n) is 5.74. The van der Waals surface area contributed by atoms with Gasteiger partial charge in [-0.05, 0) is 47.9 Å². The minimum atomic E-state index is -0.0889. The van der Waals surface area contributed by atoms with Crippen molar-refractivity contribution in [2.75, 3.05) is 5.32 Å². The third kappa shape index (κ3) is 2.69. The number of benzene rings is 2. The Morgan fingerprint density at radius 2 is 1.83 bits per heavy atom. The summed E-state index contributed by atoms with van der Waals surface area (Å²) in [6.07, 6.45) is 0. The maximum absolute atomic E-state index is 11.0. The fraction of sp³-hybridized carbons (Fsp3) is 0.133. The van der Waals surface area contributed by atoms with E-state index in [1.807, 2.05) is 43.3 Å². The molecule has 1 amide bonds. The Morgan fingerprint density at radius 1 is 1.11 bits per heavy atom. The summed E-state index contributed by atoms with van der Waals surface area (Å²) in [6.45, 7) is 3.34. The molecule has 92 valence electrons. The molecule has 2 aromatic rings. The van der Waals surface area contributed by atoms with Gasteiger partial charge in [0.05, 0.1) is 0 Å². The standard InChI is InChI=1S/C15H15NO2/c1-10-8-13(6-7-15(10)18)12-4-3-5-14(9-12)16-11(2)17/h3-9,18H,1-2H3,(H,16,17). The average Bonchev–Trinajstić information content (AvgIpc) is 2.32. The lowest BCUT2D eigenvalue weighted by Gasteiger charge is -2.07. The molecule has 0 aliphatic heterocycles. The predicted octanol–water partition coefficient (Wildman–Crippen LogP) is 3.33. The van der Waals surface area contributed by atoms with Crippen LogP contribution in [0.4, 0.5) is 5.69 Å². The van der Waals surface area contributed by atoms with E-state index in [0.717, 1.165) is 22.4 Å².